The lowest BCUT2D eigenvalue weighted by Gasteiger charge is -2.35. The highest BCUT2D eigenvalue weighted by Gasteiger charge is 2.38. The van der Waals surface area contributed by atoms with Crippen molar-refractivity contribution in [3.8, 4) is 18.4 Å². The summed E-state index contributed by atoms with van der Waals surface area (Å²) in [6, 6.07) is 10.2. The molecule has 0 saturated heterocycles. The summed E-state index contributed by atoms with van der Waals surface area (Å²) >= 11 is 0. The predicted molar refractivity (Wildman–Crippen MR) is 55.5 cm³/mol. The van der Waals surface area contributed by atoms with Crippen LogP contribution in [0, 0.1) is 23.7 Å². The molecule has 0 aliphatic heterocycles. The number of rotatable bonds is 1. The van der Waals surface area contributed by atoms with Gasteiger partial charge in [-0.15, -0.1) is 6.42 Å². The summed E-state index contributed by atoms with van der Waals surface area (Å²) in [6.45, 7) is 0. The van der Waals surface area contributed by atoms with Crippen molar-refractivity contribution in [2.75, 3.05) is 0 Å². The molecule has 1 aromatic carbocycles. The maximum atomic E-state index is 9.15. The molecule has 1 aromatic rings. The van der Waals surface area contributed by atoms with Crippen LogP contribution in [-0.2, 0) is 5.41 Å². The zero-order valence-electron chi connectivity index (χ0n) is 7.96. The maximum absolute atomic E-state index is 9.15. The summed E-state index contributed by atoms with van der Waals surface area (Å²) in [5.74, 6) is 2.60. The Morgan fingerprint density at radius 2 is 2.14 bits per heavy atom. The summed E-state index contributed by atoms with van der Waals surface area (Å²) in [7, 11) is 0. The second-order valence-electron chi connectivity index (χ2n) is 3.77. The van der Waals surface area contributed by atoms with Gasteiger partial charge in [-0.05, 0) is 37.0 Å². The van der Waals surface area contributed by atoms with Crippen LogP contribution in [0.25, 0.3) is 0 Å². The molecule has 1 saturated carbocycles. The maximum Gasteiger partial charge on any atom is 0.0822 e. The minimum atomic E-state index is -0.243. The fourth-order valence-corrected chi connectivity index (χ4v) is 1.90. The first-order valence-corrected chi connectivity index (χ1v) is 4.79. The zero-order chi connectivity index (χ0) is 10.0. The van der Waals surface area contributed by atoms with Gasteiger partial charge in [0.25, 0.3) is 0 Å². The molecule has 0 N–H and O–H groups in total. The van der Waals surface area contributed by atoms with Crippen molar-refractivity contribution in [3.63, 3.8) is 0 Å². The smallest absolute Gasteiger partial charge is 0.0822 e. The Kier molecular flexibility index (Phi) is 2.02. The van der Waals surface area contributed by atoms with Gasteiger partial charge in [0.1, 0.15) is 0 Å². The van der Waals surface area contributed by atoms with Gasteiger partial charge in [-0.1, -0.05) is 18.1 Å². The van der Waals surface area contributed by atoms with Crippen LogP contribution in [0.2, 0.25) is 0 Å². The Hall–Kier alpha value is -1.73. The molecule has 1 aliphatic carbocycles. The fourth-order valence-electron chi connectivity index (χ4n) is 1.90. The number of terminal acetylenes is 1. The van der Waals surface area contributed by atoms with Crippen molar-refractivity contribution < 1.29 is 0 Å². The minimum absolute atomic E-state index is 0.243. The van der Waals surface area contributed by atoms with Crippen LogP contribution in [0.15, 0.2) is 24.3 Å². The van der Waals surface area contributed by atoms with Gasteiger partial charge in [-0.25, -0.2) is 0 Å². The molecule has 1 fully saturated rings. The van der Waals surface area contributed by atoms with Gasteiger partial charge in [-0.2, -0.15) is 5.26 Å². The third-order valence-corrected chi connectivity index (χ3v) is 3.00. The van der Waals surface area contributed by atoms with Crippen LogP contribution in [-0.4, -0.2) is 0 Å². The second kappa shape index (κ2) is 3.20. The van der Waals surface area contributed by atoms with Crippen LogP contribution in [0.5, 0.6) is 0 Å². The number of benzene rings is 1. The van der Waals surface area contributed by atoms with Gasteiger partial charge in [0.15, 0.2) is 0 Å². The minimum Gasteiger partial charge on any atom is -0.197 e. The van der Waals surface area contributed by atoms with Gasteiger partial charge >= 0.3 is 0 Å². The van der Waals surface area contributed by atoms with Crippen molar-refractivity contribution >= 4 is 0 Å². The van der Waals surface area contributed by atoms with Crippen molar-refractivity contribution in [2.24, 2.45) is 0 Å². The average molecular weight is 181 g/mol. The van der Waals surface area contributed by atoms with E-state index in [1.807, 2.05) is 24.3 Å². The van der Waals surface area contributed by atoms with Crippen molar-refractivity contribution in [3.05, 3.63) is 35.4 Å². The first-order chi connectivity index (χ1) is 6.80. The standard InChI is InChI=1S/C13H11N/c1-2-11-5-3-6-12(9-11)13(10-14)7-4-8-13/h1,3,5-6,9H,4,7-8H2. The van der Waals surface area contributed by atoms with E-state index in [9.17, 15) is 0 Å². The van der Waals surface area contributed by atoms with Crippen LogP contribution in [0.3, 0.4) is 0 Å². The quantitative estimate of drug-likeness (QED) is 0.611. The number of hydrogen-bond donors (Lipinski definition) is 0. The van der Waals surface area contributed by atoms with Gasteiger partial charge in [0.2, 0.25) is 0 Å². The third kappa shape index (κ3) is 1.19. The molecule has 0 aromatic heterocycles. The Morgan fingerprint density at radius 3 is 2.64 bits per heavy atom. The summed E-state index contributed by atoms with van der Waals surface area (Å²) in [5.41, 5.74) is 1.71. The number of nitriles is 1. The molecule has 0 amide bonds. The summed E-state index contributed by atoms with van der Waals surface area (Å²) < 4.78 is 0. The molecule has 0 unspecified atom stereocenters. The molecule has 1 aliphatic rings. The summed E-state index contributed by atoms with van der Waals surface area (Å²) in [5, 5.41) is 9.15. The SMILES string of the molecule is C#Cc1cccc(C2(C#N)CCC2)c1. The topological polar surface area (TPSA) is 23.8 Å². The summed E-state index contributed by atoms with van der Waals surface area (Å²) in [4.78, 5) is 0. The molecule has 0 spiro atoms. The molecule has 0 radical (unpaired) electrons. The average Bonchev–Trinajstić information content (AvgIpc) is 2.18. The van der Waals surface area contributed by atoms with Crippen molar-refractivity contribution in [1.29, 1.82) is 5.26 Å². The van der Waals surface area contributed by atoms with E-state index in [1.165, 1.54) is 0 Å². The lowest BCUT2D eigenvalue weighted by molar-refractivity contribution is 0.324. The largest absolute Gasteiger partial charge is 0.197 e. The van der Waals surface area contributed by atoms with Crippen molar-refractivity contribution in [2.45, 2.75) is 24.7 Å². The molecule has 0 atom stereocenters. The fraction of sp³-hybridized carbons (Fsp3) is 0.308. The van der Waals surface area contributed by atoms with E-state index in [-0.39, 0.29) is 5.41 Å². The van der Waals surface area contributed by atoms with Crippen LogP contribution < -0.4 is 0 Å². The highest BCUT2D eigenvalue weighted by molar-refractivity contribution is 5.42. The molecule has 1 heteroatoms. The van der Waals surface area contributed by atoms with E-state index in [2.05, 4.69) is 12.0 Å². The highest BCUT2D eigenvalue weighted by Crippen LogP contribution is 2.43. The first kappa shape index (κ1) is 8.85. The summed E-state index contributed by atoms with van der Waals surface area (Å²) in [6.07, 6.45) is 8.42. The molecule has 1 nitrogen and oxygen atoms in total. The molecule has 14 heavy (non-hydrogen) atoms. The van der Waals surface area contributed by atoms with Gasteiger partial charge in [-0.3, -0.25) is 0 Å². The van der Waals surface area contributed by atoms with E-state index >= 15 is 0 Å². The predicted octanol–water partition coefficient (Wildman–Crippen LogP) is 2.61. The van der Waals surface area contributed by atoms with Crippen LogP contribution >= 0.6 is 0 Å². The van der Waals surface area contributed by atoms with E-state index in [0.717, 1.165) is 30.4 Å². The molecule has 68 valence electrons. The Labute approximate surface area is 84.4 Å². The Balaban J connectivity index is 2.42. The lowest BCUT2D eigenvalue weighted by atomic mass is 9.65. The molecule has 0 heterocycles. The van der Waals surface area contributed by atoms with Crippen molar-refractivity contribution in [1.82, 2.24) is 0 Å². The molecular formula is C13H11N. The van der Waals surface area contributed by atoms with E-state index in [1.54, 1.807) is 0 Å². The molecule has 0 bridgehead atoms. The monoisotopic (exact) mass is 181 g/mol. The lowest BCUT2D eigenvalue weighted by Crippen LogP contribution is -2.32. The van der Waals surface area contributed by atoms with E-state index in [0.29, 0.717) is 0 Å². The second-order valence-corrected chi connectivity index (χ2v) is 3.77. The normalized spacial score (nSPS) is 17.6. The van der Waals surface area contributed by atoms with Gasteiger partial charge < -0.3 is 0 Å². The third-order valence-electron chi connectivity index (χ3n) is 3.00. The number of nitrogens with zero attached hydrogens (tertiary/aromatic N) is 1. The van der Waals surface area contributed by atoms with E-state index < -0.39 is 0 Å². The van der Waals surface area contributed by atoms with Crippen LogP contribution in [0.4, 0.5) is 0 Å². The number of hydrogen-bond acceptors (Lipinski definition) is 1. The van der Waals surface area contributed by atoms with E-state index in [4.69, 9.17) is 11.7 Å². The van der Waals surface area contributed by atoms with Gasteiger partial charge in [0.05, 0.1) is 11.5 Å². The Morgan fingerprint density at radius 1 is 1.36 bits per heavy atom. The zero-order valence-corrected chi connectivity index (χ0v) is 7.96. The van der Waals surface area contributed by atoms with Crippen LogP contribution in [0.1, 0.15) is 30.4 Å². The highest BCUT2D eigenvalue weighted by atomic mass is 14.4. The first-order valence-electron chi connectivity index (χ1n) is 4.79. The molecule has 2 rings (SSSR count). The van der Waals surface area contributed by atoms with Gasteiger partial charge in [0, 0.05) is 5.56 Å². The molecular weight excluding hydrogens is 170 g/mol. The Bertz CT molecular complexity index is 427.